The van der Waals surface area contributed by atoms with Crippen LogP contribution in [0.25, 0.3) is 0 Å². The molecule has 1 aliphatic rings. The van der Waals surface area contributed by atoms with Gasteiger partial charge in [-0.25, -0.2) is 8.78 Å². The molecule has 1 heterocycles. The fourth-order valence-corrected chi connectivity index (χ4v) is 1.35. The number of nitrogens with two attached hydrogens (primary N) is 1. The van der Waals surface area contributed by atoms with Gasteiger partial charge in [0.1, 0.15) is 5.92 Å². The number of rotatable bonds is 1. The van der Waals surface area contributed by atoms with E-state index in [2.05, 4.69) is 0 Å². The first-order valence-corrected chi connectivity index (χ1v) is 3.79. The van der Waals surface area contributed by atoms with Crippen molar-refractivity contribution in [2.45, 2.75) is 12.3 Å². The fraction of sp³-hybridized carbons (Fsp3) is 0.857. The fourth-order valence-electron chi connectivity index (χ4n) is 1.35. The van der Waals surface area contributed by atoms with Gasteiger partial charge < -0.3 is 10.6 Å². The van der Waals surface area contributed by atoms with Crippen molar-refractivity contribution in [3.05, 3.63) is 0 Å². The zero-order chi connectivity index (χ0) is 9.35. The number of likely N-dealkylation sites (tertiary alicyclic amines) is 1. The number of hydrogen-bond donors (Lipinski definition) is 1. The first-order valence-electron chi connectivity index (χ1n) is 3.79. The summed E-state index contributed by atoms with van der Waals surface area (Å²) in [7, 11) is 1.70. The molecular formula is C7H14Cl2F2N2O. The molecule has 1 amide bonds. The highest BCUT2D eigenvalue weighted by Crippen LogP contribution is 2.32. The van der Waals surface area contributed by atoms with Crippen molar-refractivity contribution in [1.82, 2.24) is 4.90 Å². The van der Waals surface area contributed by atoms with Crippen molar-refractivity contribution in [1.29, 1.82) is 0 Å². The number of piperidine rings is 1. The van der Waals surface area contributed by atoms with Crippen molar-refractivity contribution in [2.24, 2.45) is 11.7 Å². The van der Waals surface area contributed by atoms with Gasteiger partial charge >= 0.3 is 0 Å². The predicted octanol–water partition coefficient (Wildman–Crippen LogP) is 0.902. The van der Waals surface area contributed by atoms with Crippen LogP contribution in [0.2, 0.25) is 0 Å². The molecule has 0 aliphatic carbocycles. The van der Waals surface area contributed by atoms with E-state index in [9.17, 15) is 13.6 Å². The third-order valence-electron chi connectivity index (χ3n) is 2.17. The average molecular weight is 251 g/mol. The molecule has 2 N–H and O–H groups in total. The number of nitrogens with zero attached hydrogens (tertiary/aromatic N) is 1. The SMILES string of the molecule is CN1CCC(F)(F)C(C(N)=O)C1.Cl.Cl. The van der Waals surface area contributed by atoms with Gasteiger partial charge in [-0.05, 0) is 7.05 Å². The number of halogens is 4. The first kappa shape index (κ1) is 16.3. The molecule has 1 atom stereocenters. The van der Waals surface area contributed by atoms with Crippen LogP contribution in [-0.4, -0.2) is 36.9 Å². The van der Waals surface area contributed by atoms with E-state index < -0.39 is 17.7 Å². The van der Waals surface area contributed by atoms with Gasteiger partial charge in [-0.1, -0.05) is 0 Å². The van der Waals surface area contributed by atoms with Crippen LogP contribution in [0.4, 0.5) is 8.78 Å². The van der Waals surface area contributed by atoms with Gasteiger partial charge in [-0.2, -0.15) is 0 Å². The van der Waals surface area contributed by atoms with Crippen LogP contribution in [0.3, 0.4) is 0 Å². The van der Waals surface area contributed by atoms with Crippen molar-refractivity contribution < 1.29 is 13.6 Å². The van der Waals surface area contributed by atoms with Crippen molar-refractivity contribution in [3.63, 3.8) is 0 Å². The minimum absolute atomic E-state index is 0. The van der Waals surface area contributed by atoms with Crippen LogP contribution in [0.15, 0.2) is 0 Å². The molecule has 1 saturated heterocycles. The number of alkyl halides is 2. The molecule has 1 rings (SSSR count). The normalized spacial score (nSPS) is 25.8. The number of primary amides is 1. The van der Waals surface area contributed by atoms with Crippen molar-refractivity contribution in [3.8, 4) is 0 Å². The van der Waals surface area contributed by atoms with E-state index in [1.54, 1.807) is 11.9 Å². The Morgan fingerprint density at radius 3 is 2.36 bits per heavy atom. The zero-order valence-corrected chi connectivity index (χ0v) is 9.34. The highest BCUT2D eigenvalue weighted by Gasteiger charge is 2.46. The van der Waals surface area contributed by atoms with Crippen LogP contribution in [-0.2, 0) is 4.79 Å². The van der Waals surface area contributed by atoms with Crippen LogP contribution in [0.5, 0.6) is 0 Å². The number of hydrogen-bond acceptors (Lipinski definition) is 2. The summed E-state index contributed by atoms with van der Waals surface area (Å²) in [6.45, 7) is 0.374. The Hall–Kier alpha value is -0.130. The number of carbonyl (C=O) groups excluding carboxylic acids is 1. The second-order valence-corrected chi connectivity index (χ2v) is 3.23. The molecule has 0 aromatic heterocycles. The quantitative estimate of drug-likeness (QED) is 0.752. The molecule has 0 radical (unpaired) electrons. The molecular weight excluding hydrogens is 237 g/mol. The maximum Gasteiger partial charge on any atom is 0.262 e. The maximum absolute atomic E-state index is 13.0. The Bertz CT molecular complexity index is 204. The summed E-state index contributed by atoms with van der Waals surface area (Å²) >= 11 is 0. The average Bonchev–Trinajstić information content (AvgIpc) is 1.94. The summed E-state index contributed by atoms with van der Waals surface area (Å²) in [5.41, 5.74) is 4.86. The van der Waals surface area contributed by atoms with E-state index in [1.807, 2.05) is 0 Å². The Labute approximate surface area is 93.8 Å². The van der Waals surface area contributed by atoms with Crippen LogP contribution in [0.1, 0.15) is 6.42 Å². The molecule has 1 fully saturated rings. The smallest absolute Gasteiger partial charge is 0.262 e. The highest BCUT2D eigenvalue weighted by atomic mass is 35.5. The Balaban J connectivity index is 0. The molecule has 7 heteroatoms. The van der Waals surface area contributed by atoms with Gasteiger partial charge in [0.25, 0.3) is 5.92 Å². The van der Waals surface area contributed by atoms with E-state index in [1.165, 1.54) is 0 Å². The van der Waals surface area contributed by atoms with E-state index in [4.69, 9.17) is 5.73 Å². The topological polar surface area (TPSA) is 46.3 Å². The lowest BCUT2D eigenvalue weighted by Crippen LogP contribution is -2.51. The minimum Gasteiger partial charge on any atom is -0.369 e. The molecule has 3 nitrogen and oxygen atoms in total. The van der Waals surface area contributed by atoms with E-state index >= 15 is 0 Å². The van der Waals surface area contributed by atoms with Crippen molar-refractivity contribution in [2.75, 3.05) is 20.1 Å². The summed E-state index contributed by atoms with van der Waals surface area (Å²) in [6.07, 6.45) is -0.281. The molecule has 14 heavy (non-hydrogen) atoms. The maximum atomic E-state index is 13.0. The summed E-state index contributed by atoms with van der Waals surface area (Å²) in [4.78, 5) is 12.3. The second-order valence-electron chi connectivity index (χ2n) is 3.23. The lowest BCUT2D eigenvalue weighted by Gasteiger charge is -2.34. The Kier molecular flexibility index (Phi) is 6.61. The van der Waals surface area contributed by atoms with Gasteiger partial charge in [0.2, 0.25) is 5.91 Å². The monoisotopic (exact) mass is 250 g/mol. The zero-order valence-electron chi connectivity index (χ0n) is 7.70. The summed E-state index contributed by atoms with van der Waals surface area (Å²) in [6, 6.07) is 0. The van der Waals surface area contributed by atoms with E-state index in [-0.39, 0.29) is 37.8 Å². The van der Waals surface area contributed by atoms with Gasteiger partial charge in [0.05, 0.1) is 0 Å². The molecule has 86 valence electrons. The third kappa shape index (κ3) is 3.55. The van der Waals surface area contributed by atoms with Crippen LogP contribution in [0, 0.1) is 5.92 Å². The first-order chi connectivity index (χ1) is 5.43. The van der Waals surface area contributed by atoms with E-state index in [0.29, 0.717) is 6.54 Å². The van der Waals surface area contributed by atoms with Crippen molar-refractivity contribution >= 4 is 30.7 Å². The Morgan fingerprint density at radius 2 is 2.00 bits per heavy atom. The molecule has 0 aromatic rings. The standard InChI is InChI=1S/C7H12F2N2O.2ClH/c1-11-3-2-7(8,9)5(4-11)6(10)12;;/h5H,2-4H2,1H3,(H2,10,12);2*1H. The van der Waals surface area contributed by atoms with Crippen LogP contribution < -0.4 is 5.73 Å². The van der Waals surface area contributed by atoms with Gasteiger partial charge in [-0.15, -0.1) is 24.8 Å². The molecule has 1 unspecified atom stereocenters. The largest absolute Gasteiger partial charge is 0.369 e. The highest BCUT2D eigenvalue weighted by molar-refractivity contribution is 5.85. The summed E-state index contributed by atoms with van der Waals surface area (Å²) < 4.78 is 25.9. The second kappa shape index (κ2) is 5.68. The number of carbonyl (C=O) groups is 1. The molecule has 0 spiro atoms. The minimum atomic E-state index is -2.92. The van der Waals surface area contributed by atoms with Gasteiger partial charge in [-0.3, -0.25) is 4.79 Å². The molecule has 0 saturated carbocycles. The number of amides is 1. The summed E-state index contributed by atoms with van der Waals surface area (Å²) in [5, 5.41) is 0. The summed E-state index contributed by atoms with van der Waals surface area (Å²) in [5.74, 6) is -5.15. The van der Waals surface area contributed by atoms with Crippen LogP contribution >= 0.6 is 24.8 Å². The third-order valence-corrected chi connectivity index (χ3v) is 2.17. The Morgan fingerprint density at radius 1 is 1.50 bits per heavy atom. The van der Waals surface area contributed by atoms with Gasteiger partial charge in [0, 0.05) is 19.5 Å². The molecule has 1 aliphatic heterocycles. The predicted molar refractivity (Wildman–Crippen MR) is 54.2 cm³/mol. The molecule has 0 aromatic carbocycles. The molecule has 0 bridgehead atoms. The lowest BCUT2D eigenvalue weighted by molar-refractivity contribution is -0.146. The van der Waals surface area contributed by atoms with Gasteiger partial charge in [0.15, 0.2) is 0 Å². The van der Waals surface area contributed by atoms with E-state index in [0.717, 1.165) is 0 Å². The lowest BCUT2D eigenvalue weighted by atomic mass is 9.93.